The summed E-state index contributed by atoms with van der Waals surface area (Å²) in [6.07, 6.45) is 1.75. The lowest BCUT2D eigenvalue weighted by Gasteiger charge is -2.10. The van der Waals surface area contributed by atoms with Gasteiger partial charge in [0, 0.05) is 6.61 Å². The summed E-state index contributed by atoms with van der Waals surface area (Å²) in [5.74, 6) is 0. The van der Waals surface area contributed by atoms with Crippen molar-refractivity contribution in [1.29, 1.82) is 0 Å². The van der Waals surface area contributed by atoms with Gasteiger partial charge in [0.25, 0.3) is 0 Å². The Labute approximate surface area is 107 Å². The average molecular weight is 236 g/mol. The quantitative estimate of drug-likeness (QED) is 0.683. The van der Waals surface area contributed by atoms with Crippen LogP contribution < -0.4 is 0 Å². The van der Waals surface area contributed by atoms with Gasteiger partial charge in [-0.3, -0.25) is 0 Å². The second kappa shape index (κ2) is 4.79. The molecule has 0 aliphatic rings. The van der Waals surface area contributed by atoms with Crippen LogP contribution in [0, 0.1) is 0 Å². The zero-order valence-electron chi connectivity index (χ0n) is 10.3. The van der Waals surface area contributed by atoms with Crippen LogP contribution in [0.1, 0.15) is 12.0 Å². The molecule has 0 bridgehead atoms. The molecule has 0 aliphatic heterocycles. The maximum atomic E-state index is 9.07. The van der Waals surface area contributed by atoms with E-state index in [0.29, 0.717) is 0 Å². The molecule has 0 saturated heterocycles. The van der Waals surface area contributed by atoms with Crippen LogP contribution in [0.4, 0.5) is 0 Å². The van der Waals surface area contributed by atoms with Crippen LogP contribution >= 0.6 is 0 Å². The van der Waals surface area contributed by atoms with E-state index in [2.05, 4.69) is 54.6 Å². The highest BCUT2D eigenvalue weighted by Crippen LogP contribution is 2.29. The highest BCUT2D eigenvalue weighted by molar-refractivity contribution is 6.02. The van der Waals surface area contributed by atoms with Crippen molar-refractivity contribution < 1.29 is 5.11 Å². The standard InChI is InChI=1S/C17H16O/c18-11-5-10-17-15-8-3-1-6-13(15)12-14-7-2-4-9-16(14)17/h1-4,6-9,12,18H,5,10-11H2. The smallest absolute Gasteiger partial charge is 0.0434 e. The first kappa shape index (κ1) is 11.2. The zero-order chi connectivity index (χ0) is 12.4. The van der Waals surface area contributed by atoms with Crippen molar-refractivity contribution in [1.82, 2.24) is 0 Å². The van der Waals surface area contributed by atoms with E-state index < -0.39 is 0 Å². The predicted octanol–water partition coefficient (Wildman–Crippen LogP) is 3.92. The number of rotatable bonds is 3. The van der Waals surface area contributed by atoms with E-state index in [-0.39, 0.29) is 6.61 Å². The van der Waals surface area contributed by atoms with Crippen LogP contribution in [-0.2, 0) is 6.42 Å². The summed E-state index contributed by atoms with van der Waals surface area (Å²) in [5.41, 5.74) is 1.36. The Morgan fingerprint density at radius 3 is 1.89 bits per heavy atom. The summed E-state index contributed by atoms with van der Waals surface area (Å²) in [6, 6.07) is 19.2. The van der Waals surface area contributed by atoms with E-state index >= 15 is 0 Å². The summed E-state index contributed by atoms with van der Waals surface area (Å²) < 4.78 is 0. The van der Waals surface area contributed by atoms with Crippen LogP contribution in [0.25, 0.3) is 21.5 Å². The molecule has 18 heavy (non-hydrogen) atoms. The fourth-order valence-electron chi connectivity index (χ4n) is 2.63. The minimum absolute atomic E-state index is 0.248. The van der Waals surface area contributed by atoms with Gasteiger partial charge in [-0.15, -0.1) is 0 Å². The highest BCUT2D eigenvalue weighted by Gasteiger charge is 2.06. The van der Waals surface area contributed by atoms with Gasteiger partial charge in [0.2, 0.25) is 0 Å². The van der Waals surface area contributed by atoms with Crippen LogP contribution in [0.15, 0.2) is 54.6 Å². The Morgan fingerprint density at radius 1 is 0.778 bits per heavy atom. The molecule has 0 saturated carbocycles. The number of fused-ring (bicyclic) bond motifs is 2. The normalized spacial score (nSPS) is 11.2. The summed E-state index contributed by atoms with van der Waals surface area (Å²) in [6.45, 7) is 0.248. The highest BCUT2D eigenvalue weighted by atomic mass is 16.2. The third-order valence-corrected chi connectivity index (χ3v) is 3.47. The van der Waals surface area contributed by atoms with Gasteiger partial charge in [-0.1, -0.05) is 48.5 Å². The molecule has 3 aromatic rings. The monoisotopic (exact) mass is 236 g/mol. The van der Waals surface area contributed by atoms with E-state index in [1.54, 1.807) is 0 Å². The number of hydrogen-bond donors (Lipinski definition) is 1. The van der Waals surface area contributed by atoms with Crippen molar-refractivity contribution in [2.24, 2.45) is 0 Å². The van der Waals surface area contributed by atoms with Gasteiger partial charge >= 0.3 is 0 Å². The Balaban J connectivity index is 2.34. The fourth-order valence-corrected chi connectivity index (χ4v) is 2.63. The molecule has 3 aromatic carbocycles. The molecule has 3 rings (SSSR count). The number of aliphatic hydroxyl groups is 1. The van der Waals surface area contributed by atoms with Crippen LogP contribution in [0.5, 0.6) is 0 Å². The van der Waals surface area contributed by atoms with Crippen LogP contribution in [-0.4, -0.2) is 11.7 Å². The van der Waals surface area contributed by atoms with E-state index in [9.17, 15) is 0 Å². The third-order valence-electron chi connectivity index (χ3n) is 3.47. The van der Waals surface area contributed by atoms with E-state index in [1.165, 1.54) is 27.1 Å². The first-order valence-electron chi connectivity index (χ1n) is 6.40. The fraction of sp³-hybridized carbons (Fsp3) is 0.176. The molecule has 0 heterocycles. The Kier molecular flexibility index (Phi) is 2.99. The van der Waals surface area contributed by atoms with E-state index in [1.807, 2.05) is 0 Å². The summed E-state index contributed by atoms with van der Waals surface area (Å²) >= 11 is 0. The number of benzene rings is 3. The molecule has 90 valence electrons. The summed E-state index contributed by atoms with van der Waals surface area (Å²) in [7, 11) is 0. The molecule has 1 N–H and O–H groups in total. The third kappa shape index (κ3) is 1.87. The van der Waals surface area contributed by atoms with Crippen molar-refractivity contribution in [3.63, 3.8) is 0 Å². The molecule has 1 heteroatoms. The molecule has 0 amide bonds. The molecule has 0 atom stereocenters. The van der Waals surface area contributed by atoms with Crippen LogP contribution in [0.3, 0.4) is 0 Å². The van der Waals surface area contributed by atoms with Gasteiger partial charge in [0.05, 0.1) is 0 Å². The minimum Gasteiger partial charge on any atom is -0.396 e. The Bertz CT molecular complexity index is 631. The molecule has 1 nitrogen and oxygen atoms in total. The first-order chi connectivity index (χ1) is 8.90. The van der Waals surface area contributed by atoms with Crippen LogP contribution in [0.2, 0.25) is 0 Å². The lowest BCUT2D eigenvalue weighted by molar-refractivity contribution is 0.289. The average Bonchev–Trinajstić information content (AvgIpc) is 2.43. The van der Waals surface area contributed by atoms with E-state index in [4.69, 9.17) is 5.11 Å². The first-order valence-corrected chi connectivity index (χ1v) is 6.40. The molecule has 0 fully saturated rings. The van der Waals surface area contributed by atoms with Gasteiger partial charge in [-0.2, -0.15) is 0 Å². The molecule has 0 aromatic heterocycles. The topological polar surface area (TPSA) is 20.2 Å². The van der Waals surface area contributed by atoms with Gasteiger partial charge in [0.15, 0.2) is 0 Å². The van der Waals surface area contributed by atoms with Crippen molar-refractivity contribution in [3.8, 4) is 0 Å². The zero-order valence-corrected chi connectivity index (χ0v) is 10.3. The molecule has 0 radical (unpaired) electrons. The Morgan fingerprint density at radius 2 is 1.33 bits per heavy atom. The maximum absolute atomic E-state index is 9.07. The van der Waals surface area contributed by atoms with Crippen molar-refractivity contribution in [2.75, 3.05) is 6.61 Å². The largest absolute Gasteiger partial charge is 0.396 e. The second-order valence-electron chi connectivity index (χ2n) is 4.62. The van der Waals surface area contributed by atoms with Crippen molar-refractivity contribution in [3.05, 3.63) is 60.2 Å². The molecule has 0 aliphatic carbocycles. The summed E-state index contributed by atoms with van der Waals surface area (Å²) in [4.78, 5) is 0. The molecule has 0 unspecified atom stereocenters. The lowest BCUT2D eigenvalue weighted by Crippen LogP contribution is -1.93. The van der Waals surface area contributed by atoms with Gasteiger partial charge in [0.1, 0.15) is 0 Å². The number of hydrogen-bond acceptors (Lipinski definition) is 1. The second-order valence-corrected chi connectivity index (χ2v) is 4.62. The molecular weight excluding hydrogens is 220 g/mol. The number of aliphatic hydroxyl groups excluding tert-OH is 1. The minimum atomic E-state index is 0.248. The SMILES string of the molecule is OCCCc1c2ccccc2cc2ccccc12. The van der Waals surface area contributed by atoms with Gasteiger partial charge in [-0.25, -0.2) is 0 Å². The lowest BCUT2D eigenvalue weighted by atomic mass is 9.94. The molecular formula is C17H16O. The molecule has 0 spiro atoms. The van der Waals surface area contributed by atoms with Crippen molar-refractivity contribution >= 4 is 21.5 Å². The van der Waals surface area contributed by atoms with Gasteiger partial charge < -0.3 is 5.11 Å². The van der Waals surface area contributed by atoms with Gasteiger partial charge in [-0.05, 0) is 46.0 Å². The summed E-state index contributed by atoms with van der Waals surface area (Å²) in [5, 5.41) is 14.3. The number of aryl methyl sites for hydroxylation is 1. The van der Waals surface area contributed by atoms with Crippen molar-refractivity contribution in [2.45, 2.75) is 12.8 Å². The predicted molar refractivity (Wildman–Crippen MR) is 76.9 cm³/mol. The maximum Gasteiger partial charge on any atom is 0.0434 e. The Hall–Kier alpha value is -1.86. The van der Waals surface area contributed by atoms with E-state index in [0.717, 1.165) is 12.8 Å².